The van der Waals surface area contributed by atoms with Crippen LogP contribution in [0.5, 0.6) is 5.75 Å². The number of benzene rings is 2. The van der Waals surface area contributed by atoms with Crippen LogP contribution in [0.25, 0.3) is 6.08 Å². The quantitative estimate of drug-likeness (QED) is 0.909. The molecule has 3 rings (SSSR count). The molecule has 1 aliphatic rings. The first-order valence-electron chi connectivity index (χ1n) is 6.72. The van der Waals surface area contributed by atoms with Crippen LogP contribution in [-0.4, -0.2) is 17.3 Å². The molecule has 6 heteroatoms. The van der Waals surface area contributed by atoms with E-state index in [2.05, 4.69) is 0 Å². The minimum atomic E-state index is -4.95. The molecule has 118 valence electrons. The Morgan fingerprint density at radius 1 is 1.00 bits per heavy atom. The average Bonchev–Trinajstić information content (AvgIpc) is 2.53. The van der Waals surface area contributed by atoms with Crippen LogP contribution < -0.4 is 4.74 Å². The highest BCUT2D eigenvalue weighted by molar-refractivity contribution is 5.96. The predicted octanol–water partition coefficient (Wildman–Crippen LogP) is 4.00. The largest absolute Gasteiger partial charge is 0.478 e. The Morgan fingerprint density at radius 3 is 2.22 bits per heavy atom. The summed E-state index contributed by atoms with van der Waals surface area (Å²) in [5.41, 5.74) is -3.90. The van der Waals surface area contributed by atoms with Crippen LogP contribution in [-0.2, 0) is 10.4 Å². The van der Waals surface area contributed by atoms with E-state index in [0.29, 0.717) is 5.56 Å². The predicted molar refractivity (Wildman–Crippen MR) is 76.9 cm³/mol. The molecule has 0 aromatic heterocycles. The summed E-state index contributed by atoms with van der Waals surface area (Å²) < 4.78 is 47.1. The van der Waals surface area contributed by atoms with E-state index >= 15 is 0 Å². The fourth-order valence-corrected chi connectivity index (χ4v) is 2.64. The minimum Gasteiger partial charge on any atom is -0.478 e. The summed E-state index contributed by atoms with van der Waals surface area (Å²) in [6.45, 7) is 0. The SMILES string of the molecule is O=C(O)C1=Cc2ccccc2OC1(c1ccccc1)C(F)(F)F. The molecule has 0 aliphatic carbocycles. The summed E-state index contributed by atoms with van der Waals surface area (Å²) in [6.07, 6.45) is -3.94. The lowest BCUT2D eigenvalue weighted by Gasteiger charge is -2.39. The molecule has 1 atom stereocenters. The van der Waals surface area contributed by atoms with Crippen molar-refractivity contribution in [3.05, 3.63) is 71.3 Å². The van der Waals surface area contributed by atoms with E-state index in [-0.39, 0.29) is 11.3 Å². The van der Waals surface area contributed by atoms with Crippen LogP contribution >= 0.6 is 0 Å². The highest BCUT2D eigenvalue weighted by Crippen LogP contribution is 2.51. The maximum atomic E-state index is 14.0. The van der Waals surface area contributed by atoms with E-state index < -0.39 is 23.3 Å². The number of hydrogen-bond donors (Lipinski definition) is 1. The van der Waals surface area contributed by atoms with Crippen molar-refractivity contribution < 1.29 is 27.8 Å². The summed E-state index contributed by atoms with van der Waals surface area (Å²) in [5.74, 6) is -1.70. The second-order valence-electron chi connectivity index (χ2n) is 5.05. The number of fused-ring (bicyclic) bond motifs is 1. The molecule has 1 N–H and O–H groups in total. The molecule has 1 heterocycles. The zero-order valence-corrected chi connectivity index (χ0v) is 11.7. The number of carboxylic acid groups (broad SMARTS) is 1. The molecule has 1 aliphatic heterocycles. The van der Waals surface area contributed by atoms with Gasteiger partial charge in [0.25, 0.3) is 5.60 Å². The number of alkyl halides is 3. The summed E-state index contributed by atoms with van der Waals surface area (Å²) >= 11 is 0. The van der Waals surface area contributed by atoms with E-state index in [4.69, 9.17) is 4.74 Å². The molecule has 0 saturated carbocycles. The molecule has 3 nitrogen and oxygen atoms in total. The molecule has 0 spiro atoms. The van der Waals surface area contributed by atoms with E-state index in [1.165, 1.54) is 42.5 Å². The number of rotatable bonds is 2. The van der Waals surface area contributed by atoms with Gasteiger partial charge in [-0.3, -0.25) is 0 Å². The van der Waals surface area contributed by atoms with Gasteiger partial charge in [0.05, 0.1) is 5.57 Å². The molecule has 0 amide bonds. The molecule has 23 heavy (non-hydrogen) atoms. The number of halogens is 3. The Kier molecular flexibility index (Phi) is 3.39. The van der Waals surface area contributed by atoms with Gasteiger partial charge in [0.15, 0.2) is 0 Å². The Morgan fingerprint density at radius 2 is 1.61 bits per heavy atom. The van der Waals surface area contributed by atoms with Crippen LogP contribution in [0.3, 0.4) is 0 Å². The Labute approximate surface area is 129 Å². The third kappa shape index (κ3) is 2.27. The molecule has 1 unspecified atom stereocenters. The van der Waals surface area contributed by atoms with Crippen LogP contribution in [0.1, 0.15) is 11.1 Å². The second-order valence-corrected chi connectivity index (χ2v) is 5.05. The first-order chi connectivity index (χ1) is 10.9. The van der Waals surface area contributed by atoms with Gasteiger partial charge in [-0.2, -0.15) is 13.2 Å². The van der Waals surface area contributed by atoms with Crippen LogP contribution in [0.4, 0.5) is 13.2 Å². The third-order valence-corrected chi connectivity index (χ3v) is 3.67. The van der Waals surface area contributed by atoms with E-state index in [1.54, 1.807) is 12.1 Å². The number of carboxylic acids is 1. The number of para-hydroxylation sites is 1. The number of hydrogen-bond acceptors (Lipinski definition) is 2. The second kappa shape index (κ2) is 5.15. The van der Waals surface area contributed by atoms with Crippen molar-refractivity contribution in [1.82, 2.24) is 0 Å². The van der Waals surface area contributed by atoms with Crippen molar-refractivity contribution in [1.29, 1.82) is 0 Å². The zero-order chi connectivity index (χ0) is 16.7. The topological polar surface area (TPSA) is 46.5 Å². The maximum absolute atomic E-state index is 14.0. The highest BCUT2D eigenvalue weighted by Gasteiger charge is 2.64. The smallest absolute Gasteiger partial charge is 0.437 e. The fourth-order valence-electron chi connectivity index (χ4n) is 2.64. The summed E-state index contributed by atoms with van der Waals surface area (Å²) in [6, 6.07) is 12.8. The summed E-state index contributed by atoms with van der Waals surface area (Å²) in [7, 11) is 0. The van der Waals surface area contributed by atoms with Crippen molar-refractivity contribution in [2.24, 2.45) is 0 Å². The number of ether oxygens (including phenoxy) is 1. The molecule has 2 aromatic carbocycles. The van der Waals surface area contributed by atoms with Gasteiger partial charge < -0.3 is 9.84 Å². The van der Waals surface area contributed by atoms with Crippen molar-refractivity contribution >= 4 is 12.0 Å². The molecule has 0 saturated heterocycles. The zero-order valence-electron chi connectivity index (χ0n) is 11.7. The average molecular weight is 320 g/mol. The van der Waals surface area contributed by atoms with Crippen LogP contribution in [0, 0.1) is 0 Å². The molecular weight excluding hydrogens is 309 g/mol. The van der Waals surface area contributed by atoms with Gasteiger partial charge in [-0.1, -0.05) is 48.5 Å². The minimum absolute atomic E-state index is 0.0151. The summed E-state index contributed by atoms with van der Waals surface area (Å²) in [4.78, 5) is 11.6. The van der Waals surface area contributed by atoms with Crippen molar-refractivity contribution in [3.63, 3.8) is 0 Å². The van der Waals surface area contributed by atoms with Gasteiger partial charge >= 0.3 is 12.1 Å². The van der Waals surface area contributed by atoms with Gasteiger partial charge in [-0.15, -0.1) is 0 Å². The van der Waals surface area contributed by atoms with E-state index in [1.807, 2.05) is 0 Å². The summed E-state index contributed by atoms with van der Waals surface area (Å²) in [5, 5.41) is 9.38. The van der Waals surface area contributed by atoms with Gasteiger partial charge in [-0.05, 0) is 12.1 Å². The molecule has 0 radical (unpaired) electrons. The maximum Gasteiger partial charge on any atom is 0.437 e. The lowest BCUT2D eigenvalue weighted by atomic mass is 9.82. The van der Waals surface area contributed by atoms with Gasteiger partial charge in [-0.25, -0.2) is 4.79 Å². The number of carbonyl (C=O) groups is 1. The lowest BCUT2D eigenvalue weighted by Crippen LogP contribution is -2.52. The van der Waals surface area contributed by atoms with Gasteiger partial charge in [0, 0.05) is 11.1 Å². The van der Waals surface area contributed by atoms with Crippen LogP contribution in [0.15, 0.2) is 60.2 Å². The fraction of sp³-hybridized carbons (Fsp3) is 0.118. The van der Waals surface area contributed by atoms with Crippen molar-refractivity contribution in [2.75, 3.05) is 0 Å². The number of aliphatic carboxylic acids is 1. The highest BCUT2D eigenvalue weighted by atomic mass is 19.4. The van der Waals surface area contributed by atoms with Crippen molar-refractivity contribution in [2.45, 2.75) is 11.8 Å². The first-order valence-corrected chi connectivity index (χ1v) is 6.72. The van der Waals surface area contributed by atoms with Gasteiger partial charge in [0.1, 0.15) is 5.75 Å². The van der Waals surface area contributed by atoms with E-state index in [9.17, 15) is 23.1 Å². The van der Waals surface area contributed by atoms with Crippen molar-refractivity contribution in [3.8, 4) is 5.75 Å². The molecule has 0 bridgehead atoms. The van der Waals surface area contributed by atoms with Crippen LogP contribution in [0.2, 0.25) is 0 Å². The standard InChI is InChI=1S/C17H11F3O3/c18-17(19,20)16(12-7-2-1-3-8-12)13(15(21)22)10-11-6-4-5-9-14(11)23-16/h1-10H,(H,21,22). The Hall–Kier alpha value is -2.76. The molecule has 2 aromatic rings. The van der Waals surface area contributed by atoms with Gasteiger partial charge in [0.2, 0.25) is 0 Å². The molecular formula is C17H11F3O3. The first kappa shape index (κ1) is 15.1. The normalized spacial score (nSPS) is 20.2. The Bertz CT molecular complexity index is 781. The third-order valence-electron chi connectivity index (χ3n) is 3.67. The monoisotopic (exact) mass is 320 g/mol. The molecule has 0 fully saturated rings. The van der Waals surface area contributed by atoms with E-state index in [0.717, 1.165) is 6.08 Å². The Balaban J connectivity index is 2.34. The lowest BCUT2D eigenvalue weighted by molar-refractivity contribution is -0.240.